The molecule has 0 bridgehead atoms. The van der Waals surface area contributed by atoms with E-state index in [-0.39, 0.29) is 0 Å². The van der Waals surface area contributed by atoms with Gasteiger partial charge in [0.15, 0.2) is 0 Å². The van der Waals surface area contributed by atoms with Gasteiger partial charge in [0.2, 0.25) is 0 Å². The van der Waals surface area contributed by atoms with Crippen LogP contribution < -0.4 is 0 Å². The summed E-state index contributed by atoms with van der Waals surface area (Å²) in [5.74, 6) is 0. The molecule has 0 aliphatic carbocycles. The first-order valence-corrected chi connectivity index (χ1v) is 5.23. The second-order valence-electron chi connectivity index (χ2n) is 3.71. The average molecular weight is 202 g/mol. The number of aliphatic hydroxyl groups excluding tert-OH is 1. The second-order valence-corrected chi connectivity index (χ2v) is 3.71. The molecular formula is C14H18O. The summed E-state index contributed by atoms with van der Waals surface area (Å²) in [7, 11) is 0. The molecule has 0 aromatic heterocycles. The third-order valence-electron chi connectivity index (χ3n) is 2.34. The zero-order chi connectivity index (χ0) is 11.1. The summed E-state index contributed by atoms with van der Waals surface area (Å²) >= 11 is 0. The van der Waals surface area contributed by atoms with E-state index in [0.717, 1.165) is 12.0 Å². The van der Waals surface area contributed by atoms with Gasteiger partial charge in [-0.05, 0) is 25.3 Å². The van der Waals surface area contributed by atoms with Gasteiger partial charge >= 0.3 is 0 Å². The molecule has 1 rings (SSSR count). The number of hydrogen-bond acceptors (Lipinski definition) is 1. The molecule has 1 aromatic carbocycles. The monoisotopic (exact) mass is 202 g/mol. The van der Waals surface area contributed by atoms with Crippen LogP contribution in [-0.2, 0) is 0 Å². The van der Waals surface area contributed by atoms with Gasteiger partial charge in [-0.3, -0.25) is 0 Å². The Labute approximate surface area is 91.8 Å². The summed E-state index contributed by atoms with van der Waals surface area (Å²) in [5.41, 5.74) is 2.22. The molecule has 0 amide bonds. The maximum absolute atomic E-state index is 9.87. The fourth-order valence-corrected chi connectivity index (χ4v) is 1.44. The highest BCUT2D eigenvalue weighted by molar-refractivity contribution is 5.18. The van der Waals surface area contributed by atoms with Gasteiger partial charge in [0.1, 0.15) is 0 Å². The van der Waals surface area contributed by atoms with Crippen molar-refractivity contribution in [3.8, 4) is 0 Å². The van der Waals surface area contributed by atoms with Crippen molar-refractivity contribution in [2.45, 2.75) is 25.9 Å². The predicted octanol–water partition coefficient (Wildman–Crippen LogP) is 3.63. The van der Waals surface area contributed by atoms with Crippen molar-refractivity contribution in [2.24, 2.45) is 0 Å². The maximum atomic E-state index is 9.87. The lowest BCUT2D eigenvalue weighted by Crippen LogP contribution is -1.95. The molecular weight excluding hydrogens is 184 g/mol. The van der Waals surface area contributed by atoms with Crippen LogP contribution in [0, 0.1) is 0 Å². The van der Waals surface area contributed by atoms with Crippen LogP contribution in [0.3, 0.4) is 0 Å². The van der Waals surface area contributed by atoms with E-state index in [1.54, 1.807) is 0 Å². The molecule has 0 fully saturated rings. The molecule has 1 atom stereocenters. The Hall–Kier alpha value is -1.34. The standard InChI is InChI=1S/C14H18O/c1-3-7-12(2)10-11-14(15)13-8-5-4-6-9-13/h3-6,8-10,14-15H,1,7,11H2,2H3/b12-10-. The van der Waals surface area contributed by atoms with Crippen molar-refractivity contribution >= 4 is 0 Å². The summed E-state index contributed by atoms with van der Waals surface area (Å²) in [4.78, 5) is 0. The highest BCUT2D eigenvalue weighted by Gasteiger charge is 2.03. The molecule has 15 heavy (non-hydrogen) atoms. The SMILES string of the molecule is C=CC/C(C)=C\CC(O)c1ccccc1. The first kappa shape index (κ1) is 11.7. The number of rotatable bonds is 5. The maximum Gasteiger partial charge on any atom is 0.0824 e. The van der Waals surface area contributed by atoms with Gasteiger partial charge in [-0.25, -0.2) is 0 Å². The third kappa shape index (κ3) is 4.13. The summed E-state index contributed by atoms with van der Waals surface area (Å²) in [5, 5.41) is 9.87. The van der Waals surface area contributed by atoms with Gasteiger partial charge in [-0.15, -0.1) is 6.58 Å². The lowest BCUT2D eigenvalue weighted by molar-refractivity contribution is 0.181. The zero-order valence-corrected chi connectivity index (χ0v) is 9.19. The third-order valence-corrected chi connectivity index (χ3v) is 2.34. The first-order valence-electron chi connectivity index (χ1n) is 5.23. The van der Waals surface area contributed by atoms with E-state index < -0.39 is 6.10 Å². The Balaban J connectivity index is 2.53. The Morgan fingerprint density at radius 1 is 1.40 bits per heavy atom. The highest BCUT2D eigenvalue weighted by Crippen LogP contribution is 2.17. The molecule has 1 aromatic rings. The molecule has 1 nitrogen and oxygen atoms in total. The Morgan fingerprint density at radius 2 is 2.07 bits per heavy atom. The van der Waals surface area contributed by atoms with Gasteiger partial charge in [0, 0.05) is 0 Å². The summed E-state index contributed by atoms with van der Waals surface area (Å²) in [6.07, 6.45) is 5.11. The van der Waals surface area contributed by atoms with Crippen molar-refractivity contribution < 1.29 is 5.11 Å². The molecule has 0 aliphatic heterocycles. The predicted molar refractivity (Wildman–Crippen MR) is 64.6 cm³/mol. The molecule has 0 aliphatic rings. The van der Waals surface area contributed by atoms with E-state index in [2.05, 4.69) is 19.6 Å². The van der Waals surface area contributed by atoms with E-state index in [1.807, 2.05) is 36.4 Å². The van der Waals surface area contributed by atoms with Crippen molar-refractivity contribution in [3.63, 3.8) is 0 Å². The van der Waals surface area contributed by atoms with Crippen molar-refractivity contribution in [3.05, 3.63) is 60.2 Å². The number of allylic oxidation sites excluding steroid dienone is 2. The fraction of sp³-hybridized carbons (Fsp3) is 0.286. The molecule has 1 N–H and O–H groups in total. The van der Waals surface area contributed by atoms with Crippen LogP contribution in [0.5, 0.6) is 0 Å². The second kappa shape index (κ2) is 6.20. The normalized spacial score (nSPS) is 13.6. The van der Waals surface area contributed by atoms with Crippen molar-refractivity contribution in [2.75, 3.05) is 0 Å². The van der Waals surface area contributed by atoms with Gasteiger partial charge in [-0.1, -0.05) is 48.1 Å². The molecule has 1 unspecified atom stereocenters. The van der Waals surface area contributed by atoms with Crippen LogP contribution in [0.25, 0.3) is 0 Å². The first-order chi connectivity index (χ1) is 7.24. The van der Waals surface area contributed by atoms with Gasteiger partial charge < -0.3 is 5.11 Å². The van der Waals surface area contributed by atoms with E-state index in [4.69, 9.17) is 0 Å². The average Bonchev–Trinajstić information content (AvgIpc) is 2.27. The number of hydrogen-bond donors (Lipinski definition) is 1. The quantitative estimate of drug-likeness (QED) is 0.723. The van der Waals surface area contributed by atoms with Crippen LogP contribution in [-0.4, -0.2) is 5.11 Å². The lowest BCUT2D eigenvalue weighted by atomic mass is 10.0. The Bertz CT molecular complexity index is 324. The number of aliphatic hydroxyl groups is 1. The molecule has 0 spiro atoms. The topological polar surface area (TPSA) is 20.2 Å². The van der Waals surface area contributed by atoms with Crippen molar-refractivity contribution in [1.82, 2.24) is 0 Å². The van der Waals surface area contributed by atoms with Crippen molar-refractivity contribution in [1.29, 1.82) is 0 Å². The Kier molecular flexibility index (Phi) is 4.85. The van der Waals surface area contributed by atoms with E-state index >= 15 is 0 Å². The van der Waals surface area contributed by atoms with E-state index in [1.165, 1.54) is 5.57 Å². The van der Waals surface area contributed by atoms with Crippen LogP contribution in [0.15, 0.2) is 54.6 Å². The van der Waals surface area contributed by atoms with Gasteiger partial charge in [-0.2, -0.15) is 0 Å². The Morgan fingerprint density at radius 3 is 2.67 bits per heavy atom. The van der Waals surface area contributed by atoms with Crippen LogP contribution in [0.4, 0.5) is 0 Å². The molecule has 80 valence electrons. The highest BCUT2D eigenvalue weighted by atomic mass is 16.3. The van der Waals surface area contributed by atoms with E-state index in [9.17, 15) is 5.11 Å². The van der Waals surface area contributed by atoms with Crippen LogP contribution in [0.1, 0.15) is 31.4 Å². The van der Waals surface area contributed by atoms with Crippen LogP contribution >= 0.6 is 0 Å². The zero-order valence-electron chi connectivity index (χ0n) is 9.19. The summed E-state index contributed by atoms with van der Waals surface area (Å²) < 4.78 is 0. The minimum atomic E-state index is -0.397. The molecule has 0 heterocycles. The smallest absolute Gasteiger partial charge is 0.0824 e. The number of benzene rings is 1. The molecule has 0 radical (unpaired) electrons. The molecule has 0 saturated heterocycles. The van der Waals surface area contributed by atoms with Gasteiger partial charge in [0.25, 0.3) is 0 Å². The molecule has 0 saturated carbocycles. The summed E-state index contributed by atoms with van der Waals surface area (Å²) in [6, 6.07) is 9.73. The molecule has 1 heteroatoms. The fourth-order valence-electron chi connectivity index (χ4n) is 1.44. The minimum absolute atomic E-state index is 0.397. The summed E-state index contributed by atoms with van der Waals surface area (Å²) in [6.45, 7) is 5.74. The lowest BCUT2D eigenvalue weighted by Gasteiger charge is -2.08. The minimum Gasteiger partial charge on any atom is -0.388 e. The van der Waals surface area contributed by atoms with Gasteiger partial charge in [0.05, 0.1) is 6.10 Å². The van der Waals surface area contributed by atoms with Crippen LogP contribution in [0.2, 0.25) is 0 Å². The largest absolute Gasteiger partial charge is 0.388 e. The van der Waals surface area contributed by atoms with E-state index in [0.29, 0.717) is 6.42 Å².